The fraction of sp³-hybridized carbons (Fsp3) is 0.158. The third kappa shape index (κ3) is 3.81. The van der Waals surface area contributed by atoms with E-state index < -0.39 is 0 Å². The van der Waals surface area contributed by atoms with Gasteiger partial charge < -0.3 is 9.64 Å². The van der Waals surface area contributed by atoms with Crippen LogP contribution in [0.3, 0.4) is 0 Å². The Morgan fingerprint density at radius 2 is 1.83 bits per heavy atom. The predicted molar refractivity (Wildman–Crippen MR) is 96.8 cm³/mol. The Morgan fingerprint density at radius 3 is 2.46 bits per heavy atom. The van der Waals surface area contributed by atoms with E-state index in [0.717, 1.165) is 22.1 Å². The molecule has 3 aromatic rings. The summed E-state index contributed by atoms with van der Waals surface area (Å²) in [7, 11) is 1.77. The van der Waals surface area contributed by atoms with Crippen LogP contribution in [0.2, 0.25) is 0 Å². The van der Waals surface area contributed by atoms with Crippen molar-refractivity contribution in [1.82, 2.24) is 4.98 Å². The number of nitrogens with zero attached hydrogens (tertiary/aromatic N) is 2. The first kappa shape index (κ1) is 16.2. The summed E-state index contributed by atoms with van der Waals surface area (Å²) in [6.07, 6.45) is 0. The molecule has 0 aliphatic carbocycles. The van der Waals surface area contributed by atoms with Crippen LogP contribution in [0.5, 0.6) is 5.75 Å². The molecule has 0 atom stereocenters. The lowest BCUT2D eigenvalue weighted by atomic mass is 10.2. The number of ether oxygens (including phenoxy) is 1. The van der Waals surface area contributed by atoms with Crippen molar-refractivity contribution in [2.75, 3.05) is 11.9 Å². The maximum absolute atomic E-state index is 12.5. The van der Waals surface area contributed by atoms with Crippen molar-refractivity contribution in [3.8, 4) is 5.75 Å². The molecular weight excluding hydrogens is 320 g/mol. The number of aryl methyl sites for hydroxylation is 1. The number of amides is 1. The van der Waals surface area contributed by atoms with Gasteiger partial charge in [0.25, 0.3) is 5.91 Å². The molecule has 0 saturated heterocycles. The third-order valence-electron chi connectivity index (χ3n) is 3.60. The lowest BCUT2D eigenvalue weighted by Crippen LogP contribution is -2.25. The first-order chi connectivity index (χ1) is 11.6. The lowest BCUT2D eigenvalue weighted by Gasteiger charge is -2.17. The van der Waals surface area contributed by atoms with E-state index in [1.165, 1.54) is 0 Å². The largest absolute Gasteiger partial charge is 0.487 e. The quantitative estimate of drug-likeness (QED) is 0.696. The van der Waals surface area contributed by atoms with Crippen LogP contribution in [0.4, 0.5) is 5.69 Å². The fourth-order valence-corrected chi connectivity index (χ4v) is 2.89. The fourth-order valence-electron chi connectivity index (χ4n) is 2.29. The summed E-state index contributed by atoms with van der Waals surface area (Å²) < 4.78 is 5.70. The first-order valence-electron chi connectivity index (χ1n) is 7.60. The summed E-state index contributed by atoms with van der Waals surface area (Å²) in [4.78, 5) is 18.5. The van der Waals surface area contributed by atoms with Crippen molar-refractivity contribution in [3.05, 3.63) is 76.2 Å². The molecule has 24 heavy (non-hydrogen) atoms. The van der Waals surface area contributed by atoms with Crippen LogP contribution in [0.1, 0.15) is 21.1 Å². The highest BCUT2D eigenvalue weighted by Crippen LogP contribution is 2.18. The molecule has 0 bridgehead atoms. The van der Waals surface area contributed by atoms with E-state index in [1.54, 1.807) is 35.4 Å². The lowest BCUT2D eigenvalue weighted by molar-refractivity contribution is 0.0993. The van der Waals surface area contributed by atoms with E-state index in [0.29, 0.717) is 12.2 Å². The Balaban J connectivity index is 1.64. The van der Waals surface area contributed by atoms with E-state index in [1.807, 2.05) is 54.8 Å². The topological polar surface area (TPSA) is 42.4 Å². The number of para-hydroxylation sites is 1. The number of hydrogen-bond acceptors (Lipinski definition) is 4. The molecule has 0 saturated carbocycles. The van der Waals surface area contributed by atoms with Gasteiger partial charge in [0.2, 0.25) is 0 Å². The molecule has 0 unspecified atom stereocenters. The van der Waals surface area contributed by atoms with Crippen LogP contribution in [0.25, 0.3) is 0 Å². The molecule has 2 aromatic carbocycles. The Morgan fingerprint density at radius 1 is 1.12 bits per heavy atom. The molecule has 0 spiro atoms. The second-order valence-corrected chi connectivity index (χ2v) is 6.43. The number of anilines is 1. The molecule has 0 N–H and O–H groups in total. The van der Waals surface area contributed by atoms with Gasteiger partial charge in [0, 0.05) is 23.7 Å². The zero-order valence-electron chi connectivity index (χ0n) is 13.6. The molecule has 122 valence electrons. The van der Waals surface area contributed by atoms with Gasteiger partial charge in [0.05, 0.1) is 10.7 Å². The summed E-state index contributed by atoms with van der Waals surface area (Å²) in [6.45, 7) is 2.40. The standard InChI is InChI=1S/C19H18N2O2S/c1-14-20-16(13-24-14)12-23-18-10-8-15(9-11-18)19(22)21(2)17-6-4-3-5-7-17/h3-11,13H,12H2,1-2H3. The molecule has 1 aromatic heterocycles. The maximum Gasteiger partial charge on any atom is 0.258 e. The van der Waals surface area contributed by atoms with Gasteiger partial charge in [-0.05, 0) is 43.3 Å². The molecule has 5 heteroatoms. The van der Waals surface area contributed by atoms with E-state index in [2.05, 4.69) is 4.98 Å². The Kier molecular flexibility index (Phi) is 4.91. The number of aromatic nitrogens is 1. The van der Waals surface area contributed by atoms with Crippen LogP contribution in [-0.4, -0.2) is 17.9 Å². The SMILES string of the molecule is Cc1nc(COc2ccc(C(=O)N(C)c3ccccc3)cc2)cs1. The third-order valence-corrected chi connectivity index (χ3v) is 4.43. The molecular formula is C19H18N2O2S. The summed E-state index contributed by atoms with van der Waals surface area (Å²) in [5, 5.41) is 3.01. The normalized spacial score (nSPS) is 10.4. The second kappa shape index (κ2) is 7.27. The first-order valence-corrected chi connectivity index (χ1v) is 8.48. The van der Waals surface area contributed by atoms with Gasteiger partial charge in [-0.15, -0.1) is 11.3 Å². The second-order valence-electron chi connectivity index (χ2n) is 5.37. The van der Waals surface area contributed by atoms with Crippen molar-refractivity contribution < 1.29 is 9.53 Å². The Labute approximate surface area is 145 Å². The maximum atomic E-state index is 12.5. The highest BCUT2D eigenvalue weighted by molar-refractivity contribution is 7.09. The minimum Gasteiger partial charge on any atom is -0.487 e. The average Bonchev–Trinajstić information content (AvgIpc) is 3.05. The van der Waals surface area contributed by atoms with Crippen LogP contribution >= 0.6 is 11.3 Å². The van der Waals surface area contributed by atoms with Gasteiger partial charge >= 0.3 is 0 Å². The smallest absolute Gasteiger partial charge is 0.258 e. The van der Waals surface area contributed by atoms with Crippen LogP contribution in [-0.2, 0) is 6.61 Å². The number of hydrogen-bond donors (Lipinski definition) is 0. The van der Waals surface area contributed by atoms with E-state index in [4.69, 9.17) is 4.74 Å². The van der Waals surface area contributed by atoms with Gasteiger partial charge in [-0.1, -0.05) is 18.2 Å². The summed E-state index contributed by atoms with van der Waals surface area (Å²) in [5.74, 6) is 0.669. The molecule has 3 rings (SSSR count). The van der Waals surface area contributed by atoms with E-state index in [9.17, 15) is 4.79 Å². The molecule has 0 aliphatic heterocycles. The van der Waals surface area contributed by atoms with Gasteiger partial charge in [-0.25, -0.2) is 4.98 Å². The number of benzene rings is 2. The summed E-state index contributed by atoms with van der Waals surface area (Å²) in [5.41, 5.74) is 2.40. The van der Waals surface area contributed by atoms with Crippen LogP contribution < -0.4 is 9.64 Å². The van der Waals surface area contributed by atoms with Crippen molar-refractivity contribution in [1.29, 1.82) is 0 Å². The molecule has 1 amide bonds. The Hall–Kier alpha value is -2.66. The van der Waals surface area contributed by atoms with E-state index in [-0.39, 0.29) is 5.91 Å². The zero-order valence-corrected chi connectivity index (χ0v) is 14.4. The summed E-state index contributed by atoms with van der Waals surface area (Å²) in [6, 6.07) is 16.8. The van der Waals surface area contributed by atoms with E-state index >= 15 is 0 Å². The number of rotatable bonds is 5. The highest BCUT2D eigenvalue weighted by Gasteiger charge is 2.13. The molecule has 1 heterocycles. The average molecular weight is 338 g/mol. The minimum absolute atomic E-state index is 0.0529. The van der Waals surface area contributed by atoms with Crippen molar-refractivity contribution in [3.63, 3.8) is 0 Å². The van der Waals surface area contributed by atoms with Gasteiger partial charge in [0.15, 0.2) is 0 Å². The number of carbonyl (C=O) groups is 1. The van der Waals surface area contributed by atoms with Crippen molar-refractivity contribution in [2.45, 2.75) is 13.5 Å². The molecule has 0 aliphatic rings. The Bertz CT molecular complexity index is 813. The van der Waals surface area contributed by atoms with Crippen LogP contribution in [0.15, 0.2) is 60.0 Å². The molecule has 0 radical (unpaired) electrons. The van der Waals surface area contributed by atoms with Crippen LogP contribution in [0, 0.1) is 6.92 Å². The molecule has 4 nitrogen and oxygen atoms in total. The van der Waals surface area contributed by atoms with Gasteiger partial charge in [-0.2, -0.15) is 0 Å². The predicted octanol–water partition coefficient (Wildman–Crippen LogP) is 4.31. The number of carbonyl (C=O) groups excluding carboxylic acids is 1. The monoisotopic (exact) mass is 338 g/mol. The number of thiazole rings is 1. The van der Waals surface area contributed by atoms with Crippen molar-refractivity contribution in [2.24, 2.45) is 0 Å². The van der Waals surface area contributed by atoms with Gasteiger partial charge in [-0.3, -0.25) is 4.79 Å². The zero-order chi connectivity index (χ0) is 16.9. The minimum atomic E-state index is -0.0529. The highest BCUT2D eigenvalue weighted by atomic mass is 32.1. The van der Waals surface area contributed by atoms with Gasteiger partial charge in [0.1, 0.15) is 12.4 Å². The van der Waals surface area contributed by atoms with Crippen molar-refractivity contribution >= 4 is 22.9 Å². The molecule has 0 fully saturated rings. The summed E-state index contributed by atoms with van der Waals surface area (Å²) >= 11 is 1.61.